The van der Waals surface area contributed by atoms with Gasteiger partial charge in [-0.2, -0.15) is 0 Å². The molecule has 1 saturated heterocycles. The maximum Gasteiger partial charge on any atom is 0.255 e. The molecule has 0 bridgehead atoms. The van der Waals surface area contributed by atoms with Gasteiger partial charge in [-0.15, -0.1) is 0 Å². The highest BCUT2D eigenvalue weighted by Crippen LogP contribution is 2.35. The molecule has 1 aliphatic carbocycles. The maximum atomic E-state index is 12.6. The van der Waals surface area contributed by atoms with Crippen LogP contribution in [0.2, 0.25) is 5.02 Å². The number of nitrogens with zero attached hydrogens (tertiary/aromatic N) is 2. The minimum Gasteiger partial charge on any atom is -0.362 e. The summed E-state index contributed by atoms with van der Waals surface area (Å²) in [5.41, 5.74) is 3.27. The number of carbonyl (C=O) groups excluding carboxylic acids is 1. The van der Waals surface area contributed by atoms with Crippen molar-refractivity contribution in [1.29, 1.82) is 0 Å². The minimum atomic E-state index is 0.0341. The molecule has 1 fully saturated rings. The second-order valence-corrected chi connectivity index (χ2v) is 7.25. The Kier molecular flexibility index (Phi) is 4.62. The summed E-state index contributed by atoms with van der Waals surface area (Å²) in [6.07, 6.45) is 7.10. The molecule has 0 saturated carbocycles. The second kappa shape index (κ2) is 7.04. The van der Waals surface area contributed by atoms with Gasteiger partial charge in [0.2, 0.25) is 0 Å². The molecule has 5 heteroatoms. The highest BCUT2D eigenvalue weighted by Gasteiger charge is 2.24. The third-order valence-corrected chi connectivity index (χ3v) is 5.46. The highest BCUT2D eigenvalue weighted by molar-refractivity contribution is 6.33. The van der Waals surface area contributed by atoms with Crippen molar-refractivity contribution in [3.8, 4) is 0 Å². The van der Waals surface area contributed by atoms with Crippen LogP contribution >= 0.6 is 11.6 Å². The molecule has 1 aromatic heterocycles. The van der Waals surface area contributed by atoms with Gasteiger partial charge >= 0.3 is 0 Å². The van der Waals surface area contributed by atoms with Crippen LogP contribution in [0.15, 0.2) is 36.5 Å². The fourth-order valence-corrected chi connectivity index (χ4v) is 4.03. The van der Waals surface area contributed by atoms with E-state index in [0.29, 0.717) is 16.4 Å². The number of carbonyl (C=O) groups is 1. The Hall–Kier alpha value is -2.07. The van der Waals surface area contributed by atoms with Gasteiger partial charge in [0.15, 0.2) is 0 Å². The van der Waals surface area contributed by atoms with Crippen molar-refractivity contribution < 1.29 is 4.79 Å². The number of aryl methyl sites for hydroxylation is 1. The summed E-state index contributed by atoms with van der Waals surface area (Å²) in [6.45, 7) is 1.66. The lowest BCUT2D eigenvalue weighted by Crippen LogP contribution is -2.35. The number of anilines is 1. The monoisotopic (exact) mass is 355 g/mol. The summed E-state index contributed by atoms with van der Waals surface area (Å²) in [5.74, 6) is 0.686. The van der Waals surface area contributed by atoms with E-state index in [1.165, 1.54) is 17.5 Å². The van der Waals surface area contributed by atoms with E-state index in [-0.39, 0.29) is 11.9 Å². The summed E-state index contributed by atoms with van der Waals surface area (Å²) in [4.78, 5) is 18.9. The molecule has 1 N–H and O–H groups in total. The molecular weight excluding hydrogens is 334 g/mol. The van der Waals surface area contributed by atoms with Crippen LogP contribution in [-0.2, 0) is 6.42 Å². The predicted octanol–water partition coefficient (Wildman–Crippen LogP) is 4.46. The summed E-state index contributed by atoms with van der Waals surface area (Å²) in [5, 5.41) is 3.95. The zero-order valence-corrected chi connectivity index (χ0v) is 14.9. The Morgan fingerprint density at radius 3 is 2.80 bits per heavy atom. The number of hydrogen-bond acceptors (Lipinski definition) is 3. The number of nitrogens with one attached hydrogen (secondary N) is 1. The van der Waals surface area contributed by atoms with Crippen molar-refractivity contribution in [2.45, 2.75) is 38.1 Å². The molecule has 4 nitrogen and oxygen atoms in total. The Morgan fingerprint density at radius 2 is 2.00 bits per heavy atom. The van der Waals surface area contributed by atoms with Crippen molar-refractivity contribution in [3.05, 3.63) is 58.2 Å². The molecule has 2 aliphatic rings. The lowest BCUT2D eigenvalue weighted by atomic mass is 10.1. The van der Waals surface area contributed by atoms with Crippen molar-refractivity contribution in [3.63, 3.8) is 0 Å². The van der Waals surface area contributed by atoms with Gasteiger partial charge in [-0.25, -0.2) is 4.98 Å². The molecule has 2 aromatic rings. The molecule has 1 aromatic carbocycles. The number of hydrogen-bond donors (Lipinski definition) is 1. The van der Waals surface area contributed by atoms with E-state index in [2.05, 4.69) is 34.6 Å². The number of fused-ring (bicyclic) bond motifs is 1. The first kappa shape index (κ1) is 16.4. The first-order valence-electron chi connectivity index (χ1n) is 9.01. The van der Waals surface area contributed by atoms with Crippen molar-refractivity contribution in [1.82, 2.24) is 9.88 Å². The smallest absolute Gasteiger partial charge is 0.255 e. The first-order valence-corrected chi connectivity index (χ1v) is 9.39. The fraction of sp³-hybridized carbons (Fsp3) is 0.400. The number of amides is 1. The summed E-state index contributed by atoms with van der Waals surface area (Å²) >= 11 is 6.42. The Balaban J connectivity index is 1.50. The Morgan fingerprint density at radius 1 is 1.20 bits per heavy atom. The predicted molar refractivity (Wildman–Crippen MR) is 100 cm³/mol. The zero-order chi connectivity index (χ0) is 17.2. The van der Waals surface area contributed by atoms with Crippen molar-refractivity contribution in [2.75, 3.05) is 18.4 Å². The third kappa shape index (κ3) is 3.36. The standard InChI is InChI=1S/C20H22ClN3O/c21-17-12-15(20(25)24-10-4-1-5-11-24)13-22-19(17)23-18-9-8-14-6-2-3-7-16(14)18/h2-3,6-7,12-13,18H,1,4-5,8-11H2,(H,22,23). The van der Waals surface area contributed by atoms with E-state index < -0.39 is 0 Å². The maximum absolute atomic E-state index is 12.6. The molecule has 0 radical (unpaired) electrons. The van der Waals surface area contributed by atoms with E-state index >= 15 is 0 Å². The van der Waals surface area contributed by atoms with Gasteiger partial charge in [-0.05, 0) is 49.3 Å². The number of likely N-dealkylation sites (tertiary alicyclic amines) is 1. The Labute approximate surface area is 153 Å². The van der Waals surface area contributed by atoms with Crippen LogP contribution in [0.3, 0.4) is 0 Å². The molecule has 4 rings (SSSR count). The van der Waals surface area contributed by atoms with E-state index in [0.717, 1.165) is 38.8 Å². The lowest BCUT2D eigenvalue weighted by Gasteiger charge is -2.26. The minimum absolute atomic E-state index is 0.0341. The molecule has 2 heterocycles. The zero-order valence-electron chi connectivity index (χ0n) is 14.2. The van der Waals surface area contributed by atoms with Crippen LogP contribution in [-0.4, -0.2) is 28.9 Å². The van der Waals surface area contributed by atoms with Crippen LogP contribution in [0.4, 0.5) is 5.82 Å². The van der Waals surface area contributed by atoms with Crippen molar-refractivity contribution in [2.24, 2.45) is 0 Å². The van der Waals surface area contributed by atoms with Crippen LogP contribution < -0.4 is 5.32 Å². The largest absolute Gasteiger partial charge is 0.362 e. The van der Waals surface area contributed by atoms with Gasteiger partial charge < -0.3 is 10.2 Å². The van der Waals surface area contributed by atoms with Crippen molar-refractivity contribution >= 4 is 23.3 Å². The number of piperidine rings is 1. The topological polar surface area (TPSA) is 45.2 Å². The van der Waals surface area contributed by atoms with Gasteiger partial charge in [0, 0.05) is 19.3 Å². The van der Waals surface area contributed by atoms with E-state index in [1.54, 1.807) is 12.3 Å². The lowest BCUT2D eigenvalue weighted by molar-refractivity contribution is 0.0724. The average Bonchev–Trinajstić information content (AvgIpc) is 3.06. The third-order valence-electron chi connectivity index (χ3n) is 5.18. The summed E-state index contributed by atoms with van der Waals surface area (Å²) in [6, 6.07) is 10.4. The molecular formula is C20H22ClN3O. The SMILES string of the molecule is O=C(c1cnc(NC2CCc3ccccc32)c(Cl)c1)N1CCCCC1. The van der Waals surface area contributed by atoms with E-state index in [4.69, 9.17) is 11.6 Å². The average molecular weight is 356 g/mol. The number of aromatic nitrogens is 1. The van der Waals surface area contributed by atoms with E-state index in [9.17, 15) is 4.79 Å². The van der Waals surface area contributed by atoms with Gasteiger partial charge in [-0.1, -0.05) is 35.9 Å². The van der Waals surface area contributed by atoms with Gasteiger partial charge in [-0.3, -0.25) is 4.79 Å². The number of benzene rings is 1. The molecule has 1 amide bonds. The molecule has 0 spiro atoms. The number of halogens is 1. The fourth-order valence-electron chi connectivity index (χ4n) is 3.81. The van der Waals surface area contributed by atoms with Crippen LogP contribution in [0, 0.1) is 0 Å². The Bertz CT molecular complexity index is 786. The van der Waals surface area contributed by atoms with Crippen LogP contribution in [0.25, 0.3) is 0 Å². The highest BCUT2D eigenvalue weighted by atomic mass is 35.5. The van der Waals surface area contributed by atoms with Crippen LogP contribution in [0.5, 0.6) is 0 Å². The molecule has 130 valence electrons. The number of rotatable bonds is 3. The molecule has 25 heavy (non-hydrogen) atoms. The summed E-state index contributed by atoms with van der Waals surface area (Å²) in [7, 11) is 0. The first-order chi connectivity index (χ1) is 12.2. The van der Waals surface area contributed by atoms with Crippen LogP contribution in [0.1, 0.15) is 53.2 Å². The van der Waals surface area contributed by atoms with Gasteiger partial charge in [0.1, 0.15) is 5.82 Å². The second-order valence-electron chi connectivity index (χ2n) is 6.84. The normalized spacial score (nSPS) is 19.6. The molecule has 1 aliphatic heterocycles. The van der Waals surface area contributed by atoms with E-state index in [1.807, 2.05) is 4.90 Å². The quantitative estimate of drug-likeness (QED) is 0.884. The summed E-state index contributed by atoms with van der Waals surface area (Å²) < 4.78 is 0. The molecule has 1 unspecified atom stereocenters. The van der Waals surface area contributed by atoms with Gasteiger partial charge in [0.25, 0.3) is 5.91 Å². The van der Waals surface area contributed by atoms with Gasteiger partial charge in [0.05, 0.1) is 16.6 Å². The molecule has 1 atom stereocenters. The number of pyridine rings is 1.